The second kappa shape index (κ2) is 7.73. The largest absolute Gasteiger partial charge is 0.381 e. The van der Waals surface area contributed by atoms with Gasteiger partial charge in [-0.05, 0) is 42.9 Å². The van der Waals surface area contributed by atoms with Crippen molar-refractivity contribution in [3.05, 3.63) is 57.6 Å². The maximum atomic E-state index is 13.7. The number of nitrogens with one attached hydrogen (secondary N) is 1. The third kappa shape index (κ3) is 3.25. The molecule has 160 valence electrons. The van der Waals surface area contributed by atoms with Gasteiger partial charge in [-0.15, -0.1) is 0 Å². The first-order valence-electron chi connectivity index (χ1n) is 10.8. The molecule has 32 heavy (non-hydrogen) atoms. The van der Waals surface area contributed by atoms with E-state index in [4.69, 9.17) is 20.4 Å². The van der Waals surface area contributed by atoms with Gasteiger partial charge in [0.15, 0.2) is 0 Å². The van der Waals surface area contributed by atoms with Crippen molar-refractivity contribution in [3.8, 4) is 0 Å². The van der Waals surface area contributed by atoms with Gasteiger partial charge in [0.2, 0.25) is 0 Å². The fraction of sp³-hybridized carbons (Fsp3) is 0.435. The number of ether oxygens (including phenoxy) is 1. The Bertz CT molecular complexity index is 1260. The molecule has 1 N–H and O–H groups in total. The fourth-order valence-corrected chi connectivity index (χ4v) is 5.09. The molecule has 3 aromatic rings. The van der Waals surface area contributed by atoms with Gasteiger partial charge < -0.3 is 10.1 Å². The zero-order chi connectivity index (χ0) is 22.6. The van der Waals surface area contributed by atoms with E-state index in [1.165, 1.54) is 6.33 Å². The smallest absolute Gasteiger partial charge is 0.255 e. The molecular formula is C23H23B2FN4O2. The van der Waals surface area contributed by atoms with E-state index < -0.39 is 6.07 Å². The molecule has 0 spiro atoms. The van der Waals surface area contributed by atoms with Crippen LogP contribution in [0.4, 0.5) is 10.2 Å². The van der Waals surface area contributed by atoms with Crippen LogP contribution in [0.5, 0.6) is 0 Å². The second-order valence-electron chi connectivity index (χ2n) is 8.88. The van der Waals surface area contributed by atoms with Crippen molar-refractivity contribution < 1.29 is 9.13 Å². The molecule has 1 saturated carbocycles. The van der Waals surface area contributed by atoms with Crippen molar-refractivity contribution in [1.82, 2.24) is 14.5 Å². The molecule has 1 saturated heterocycles. The van der Waals surface area contributed by atoms with Gasteiger partial charge in [-0.3, -0.25) is 13.8 Å². The summed E-state index contributed by atoms with van der Waals surface area (Å²) in [6.07, 6.45) is 1.59. The van der Waals surface area contributed by atoms with Crippen molar-refractivity contribution in [3.63, 3.8) is 0 Å². The molecular weight excluding hydrogens is 405 g/mol. The van der Waals surface area contributed by atoms with Crippen LogP contribution in [0.15, 0.2) is 35.4 Å². The lowest BCUT2D eigenvalue weighted by Gasteiger charge is -2.24. The number of nitrogens with zero attached hydrogens (tertiary/aromatic N) is 3. The standard InChI is InChI=1S/C23H23B2FN4O2/c1-12(14-4-3-5-15(18(14)24)19(25)26)29-20-16-8-17(23-6-7-32-10-13(23)9-23)22(31)30(2)21(16)28-11-27-20/h3-5,8,11-13,19H,6-7,9-10H2,1-2H3,(H,27,28,29)/t12-,13?,19?,23?/m1/s1. The molecule has 1 aromatic carbocycles. The minimum atomic E-state index is -1.65. The van der Waals surface area contributed by atoms with Crippen molar-refractivity contribution in [1.29, 1.82) is 0 Å². The number of hydrogen-bond donors (Lipinski definition) is 1. The van der Waals surface area contributed by atoms with Crippen LogP contribution < -0.4 is 16.3 Å². The van der Waals surface area contributed by atoms with Gasteiger partial charge in [-0.2, -0.15) is 0 Å². The summed E-state index contributed by atoms with van der Waals surface area (Å²) in [5.74, 6) is 0.975. The number of benzene rings is 1. The number of anilines is 1. The van der Waals surface area contributed by atoms with Gasteiger partial charge in [-0.25, -0.2) is 9.97 Å². The molecule has 2 aromatic heterocycles. The summed E-state index contributed by atoms with van der Waals surface area (Å²) in [7, 11) is 13.3. The highest BCUT2D eigenvalue weighted by molar-refractivity contribution is 6.35. The van der Waals surface area contributed by atoms with E-state index in [1.54, 1.807) is 23.7 Å². The van der Waals surface area contributed by atoms with Crippen LogP contribution in [0, 0.1) is 5.92 Å². The molecule has 9 heteroatoms. The third-order valence-electron chi connectivity index (χ3n) is 7.07. The summed E-state index contributed by atoms with van der Waals surface area (Å²) in [5, 5.41) is 4.14. The first-order chi connectivity index (χ1) is 15.3. The lowest BCUT2D eigenvalue weighted by Crippen LogP contribution is -2.32. The quantitative estimate of drug-likeness (QED) is 0.631. The summed E-state index contributed by atoms with van der Waals surface area (Å²) in [6.45, 7) is 3.28. The Hall–Kier alpha value is -2.67. The number of pyridine rings is 1. The molecule has 3 heterocycles. The van der Waals surface area contributed by atoms with E-state index >= 15 is 0 Å². The Labute approximate surface area is 188 Å². The molecule has 1 aliphatic carbocycles. The number of rotatable bonds is 5. The Morgan fingerprint density at radius 2 is 2.12 bits per heavy atom. The molecule has 5 rings (SSSR count). The highest BCUT2D eigenvalue weighted by Gasteiger charge is 2.58. The van der Waals surface area contributed by atoms with Crippen molar-refractivity contribution in [2.75, 3.05) is 18.5 Å². The SMILES string of the molecule is [B]c1c(C([B])F)cccc1[C@@H](C)Nc1ncnc2c1cc(C13CCOCC1C3)c(=O)n2C. The van der Waals surface area contributed by atoms with E-state index in [9.17, 15) is 9.18 Å². The number of fused-ring (bicyclic) bond motifs is 2. The van der Waals surface area contributed by atoms with Crippen molar-refractivity contribution in [2.45, 2.75) is 37.3 Å². The van der Waals surface area contributed by atoms with Crippen LogP contribution >= 0.6 is 0 Å². The maximum absolute atomic E-state index is 13.7. The Balaban J connectivity index is 1.57. The minimum absolute atomic E-state index is 0.0199. The Kier molecular flexibility index (Phi) is 5.12. The van der Waals surface area contributed by atoms with E-state index in [0.717, 1.165) is 29.4 Å². The molecule has 6 nitrogen and oxygen atoms in total. The number of halogens is 1. The van der Waals surface area contributed by atoms with Gasteiger partial charge in [0.1, 0.15) is 33.5 Å². The predicted molar refractivity (Wildman–Crippen MR) is 123 cm³/mol. The van der Waals surface area contributed by atoms with Gasteiger partial charge in [0.25, 0.3) is 5.56 Å². The lowest BCUT2D eigenvalue weighted by molar-refractivity contribution is 0.0799. The van der Waals surface area contributed by atoms with E-state index in [0.29, 0.717) is 36.1 Å². The Morgan fingerprint density at radius 1 is 1.34 bits per heavy atom. The average Bonchev–Trinajstić information content (AvgIpc) is 3.52. The van der Waals surface area contributed by atoms with Crippen LogP contribution in [0.1, 0.15) is 48.6 Å². The van der Waals surface area contributed by atoms with Crippen LogP contribution in [0.3, 0.4) is 0 Å². The third-order valence-corrected chi connectivity index (χ3v) is 7.07. The zero-order valence-electron chi connectivity index (χ0n) is 18.1. The summed E-state index contributed by atoms with van der Waals surface area (Å²) in [5.41, 5.74) is 2.51. The molecule has 2 aliphatic rings. The molecule has 1 aliphatic heterocycles. The van der Waals surface area contributed by atoms with Crippen molar-refractivity contribution in [2.24, 2.45) is 13.0 Å². The normalized spacial score (nSPS) is 24.0. The average molecular weight is 428 g/mol. The second-order valence-corrected chi connectivity index (χ2v) is 8.88. The lowest BCUT2D eigenvalue weighted by atomic mass is 9.78. The highest BCUT2D eigenvalue weighted by Crippen LogP contribution is 2.58. The van der Waals surface area contributed by atoms with E-state index in [1.807, 2.05) is 19.1 Å². The monoisotopic (exact) mass is 428 g/mol. The zero-order valence-corrected chi connectivity index (χ0v) is 18.1. The van der Waals surface area contributed by atoms with Crippen LogP contribution in [0.25, 0.3) is 11.0 Å². The topological polar surface area (TPSA) is 69.0 Å². The summed E-state index contributed by atoms with van der Waals surface area (Å²) in [6, 6.07) is 6.81. The molecule has 0 bridgehead atoms. The number of aromatic nitrogens is 3. The maximum Gasteiger partial charge on any atom is 0.255 e. The first kappa shape index (κ1) is 21.2. The molecule has 4 radical (unpaired) electrons. The van der Waals surface area contributed by atoms with Gasteiger partial charge in [0.05, 0.1) is 18.1 Å². The van der Waals surface area contributed by atoms with E-state index in [-0.39, 0.29) is 22.6 Å². The number of hydrogen-bond acceptors (Lipinski definition) is 5. The van der Waals surface area contributed by atoms with Crippen LogP contribution in [0.2, 0.25) is 0 Å². The summed E-state index contributed by atoms with van der Waals surface area (Å²) >= 11 is 0. The summed E-state index contributed by atoms with van der Waals surface area (Å²) in [4.78, 5) is 22.0. The first-order valence-corrected chi connectivity index (χ1v) is 10.8. The van der Waals surface area contributed by atoms with Crippen molar-refractivity contribution >= 4 is 38.0 Å². The van der Waals surface area contributed by atoms with Gasteiger partial charge in [0, 0.05) is 30.7 Å². The van der Waals surface area contributed by atoms with Crippen LogP contribution in [-0.4, -0.2) is 43.4 Å². The fourth-order valence-electron chi connectivity index (χ4n) is 5.09. The number of aryl methyl sites for hydroxylation is 1. The minimum Gasteiger partial charge on any atom is -0.381 e. The van der Waals surface area contributed by atoms with Crippen LogP contribution in [-0.2, 0) is 17.2 Å². The molecule has 3 unspecified atom stereocenters. The van der Waals surface area contributed by atoms with Gasteiger partial charge >= 0.3 is 0 Å². The Morgan fingerprint density at radius 3 is 2.88 bits per heavy atom. The van der Waals surface area contributed by atoms with Gasteiger partial charge in [-0.1, -0.05) is 23.7 Å². The molecule has 0 amide bonds. The molecule has 4 atom stereocenters. The predicted octanol–water partition coefficient (Wildman–Crippen LogP) is 2.11. The summed E-state index contributed by atoms with van der Waals surface area (Å²) < 4.78 is 20.9. The highest BCUT2D eigenvalue weighted by atomic mass is 19.1. The van der Waals surface area contributed by atoms with E-state index in [2.05, 4.69) is 15.3 Å². The molecule has 2 fully saturated rings. The number of alkyl halides is 1.